The first kappa shape index (κ1) is 12.2. The predicted molar refractivity (Wildman–Crippen MR) is 73.3 cm³/mol. The van der Waals surface area contributed by atoms with Crippen molar-refractivity contribution in [2.75, 3.05) is 0 Å². The first-order valence-corrected chi connectivity index (χ1v) is 6.80. The molecule has 1 N–H and O–H groups in total. The minimum atomic E-state index is 1.16. The molecule has 0 amide bonds. The van der Waals surface area contributed by atoms with Crippen LogP contribution in [0.15, 0.2) is 18.3 Å². The highest BCUT2D eigenvalue weighted by atomic mass is 15.1. The first-order chi connectivity index (χ1) is 8.35. The largest absolute Gasteiger partial charge is 0.278 e. The van der Waals surface area contributed by atoms with E-state index in [4.69, 9.17) is 0 Å². The Morgan fingerprint density at radius 3 is 2.59 bits per heavy atom. The maximum Gasteiger partial charge on any atom is 0.0682 e. The number of nitrogens with one attached hydrogen (secondary N) is 1. The summed E-state index contributed by atoms with van der Waals surface area (Å²) in [6.45, 7) is 4.49. The molecule has 0 atom stereocenters. The van der Waals surface area contributed by atoms with Crippen molar-refractivity contribution in [2.45, 2.75) is 52.4 Å². The average molecular weight is 230 g/mol. The third-order valence-corrected chi connectivity index (χ3v) is 3.31. The summed E-state index contributed by atoms with van der Waals surface area (Å²) in [5.74, 6) is 0. The number of aryl methyl sites for hydroxylation is 2. The molecule has 0 saturated carbocycles. The van der Waals surface area contributed by atoms with E-state index in [0.29, 0.717) is 0 Å². The monoisotopic (exact) mass is 230 g/mol. The lowest BCUT2D eigenvalue weighted by atomic mass is 9.99. The molecule has 2 nitrogen and oxygen atoms in total. The van der Waals surface area contributed by atoms with Gasteiger partial charge in [-0.15, -0.1) is 0 Å². The van der Waals surface area contributed by atoms with E-state index in [9.17, 15) is 0 Å². The van der Waals surface area contributed by atoms with Gasteiger partial charge in [0.25, 0.3) is 0 Å². The molecule has 2 aromatic rings. The number of H-pyrrole nitrogens is 1. The second-order valence-corrected chi connectivity index (χ2v) is 4.80. The van der Waals surface area contributed by atoms with E-state index in [2.05, 4.69) is 36.2 Å². The Morgan fingerprint density at radius 2 is 1.82 bits per heavy atom. The smallest absolute Gasteiger partial charge is 0.0682 e. The van der Waals surface area contributed by atoms with E-state index in [-0.39, 0.29) is 0 Å². The zero-order chi connectivity index (χ0) is 12.1. The minimum absolute atomic E-state index is 1.16. The van der Waals surface area contributed by atoms with Crippen LogP contribution in [0.1, 0.15) is 50.7 Å². The van der Waals surface area contributed by atoms with Crippen molar-refractivity contribution in [2.24, 2.45) is 0 Å². The molecule has 1 heterocycles. The Kier molecular flexibility index (Phi) is 4.18. The fourth-order valence-electron chi connectivity index (χ4n) is 2.29. The zero-order valence-electron chi connectivity index (χ0n) is 10.9. The fourth-order valence-corrected chi connectivity index (χ4v) is 2.29. The number of hydrogen-bond donors (Lipinski definition) is 1. The molecule has 0 fully saturated rings. The second kappa shape index (κ2) is 5.85. The summed E-state index contributed by atoms with van der Waals surface area (Å²) in [6.07, 6.45) is 9.33. The van der Waals surface area contributed by atoms with Gasteiger partial charge in [-0.25, -0.2) is 0 Å². The Morgan fingerprint density at radius 1 is 1.06 bits per heavy atom. The third kappa shape index (κ3) is 2.87. The molecule has 0 aliphatic rings. The number of aromatic amines is 1. The molecule has 2 heteroatoms. The van der Waals surface area contributed by atoms with Gasteiger partial charge in [-0.1, -0.05) is 32.8 Å². The molecule has 92 valence electrons. The van der Waals surface area contributed by atoms with Gasteiger partial charge >= 0.3 is 0 Å². The lowest BCUT2D eigenvalue weighted by Crippen LogP contribution is -1.92. The number of fused-ring (bicyclic) bond motifs is 1. The van der Waals surface area contributed by atoms with Crippen LogP contribution in [0.4, 0.5) is 0 Å². The maximum atomic E-state index is 4.17. The number of aromatic nitrogens is 2. The third-order valence-electron chi connectivity index (χ3n) is 3.31. The average Bonchev–Trinajstić information content (AvgIpc) is 2.81. The van der Waals surface area contributed by atoms with Gasteiger partial charge in [-0.05, 0) is 42.9 Å². The number of unbranched alkanes of at least 4 members (excludes halogenated alkanes) is 2. The van der Waals surface area contributed by atoms with Crippen LogP contribution < -0.4 is 0 Å². The van der Waals surface area contributed by atoms with Crippen LogP contribution in [0, 0.1) is 0 Å². The van der Waals surface area contributed by atoms with Crippen molar-refractivity contribution in [1.82, 2.24) is 10.2 Å². The topological polar surface area (TPSA) is 28.7 Å². The molecule has 0 aliphatic carbocycles. The minimum Gasteiger partial charge on any atom is -0.278 e. The summed E-state index contributed by atoms with van der Waals surface area (Å²) in [7, 11) is 0. The Hall–Kier alpha value is -1.31. The molecule has 1 aromatic heterocycles. The Balaban J connectivity index is 2.29. The molecule has 2 rings (SSSR count). The first-order valence-electron chi connectivity index (χ1n) is 6.80. The predicted octanol–water partition coefficient (Wildman–Crippen LogP) is 4.25. The maximum absolute atomic E-state index is 4.17. The van der Waals surface area contributed by atoms with E-state index in [1.165, 1.54) is 54.1 Å². The number of rotatable bonds is 6. The fraction of sp³-hybridized carbons (Fsp3) is 0.533. The molecule has 0 spiro atoms. The van der Waals surface area contributed by atoms with Gasteiger partial charge in [0.05, 0.1) is 11.7 Å². The molecule has 0 aliphatic heterocycles. The number of hydrogen-bond acceptors (Lipinski definition) is 1. The van der Waals surface area contributed by atoms with E-state index in [1.54, 1.807) is 0 Å². The summed E-state index contributed by atoms with van der Waals surface area (Å²) < 4.78 is 0. The summed E-state index contributed by atoms with van der Waals surface area (Å²) in [5.41, 5.74) is 4.14. The van der Waals surface area contributed by atoms with Gasteiger partial charge in [-0.3, -0.25) is 5.10 Å². The van der Waals surface area contributed by atoms with Gasteiger partial charge < -0.3 is 0 Å². The summed E-state index contributed by atoms with van der Waals surface area (Å²) in [6, 6.07) is 4.65. The number of benzene rings is 1. The molecule has 0 unspecified atom stereocenters. The van der Waals surface area contributed by atoms with Crippen LogP contribution >= 0.6 is 0 Å². The van der Waals surface area contributed by atoms with Crippen LogP contribution in [0.25, 0.3) is 10.9 Å². The molecule has 0 bridgehead atoms. The Bertz CT molecular complexity index is 471. The van der Waals surface area contributed by atoms with Crippen LogP contribution in [-0.2, 0) is 12.8 Å². The summed E-state index contributed by atoms with van der Waals surface area (Å²) in [5, 5.41) is 8.57. The molecular weight excluding hydrogens is 208 g/mol. The van der Waals surface area contributed by atoms with Crippen LogP contribution in [0.3, 0.4) is 0 Å². The normalized spacial score (nSPS) is 11.2. The molecule has 17 heavy (non-hydrogen) atoms. The summed E-state index contributed by atoms with van der Waals surface area (Å²) >= 11 is 0. The molecule has 0 saturated heterocycles. The molecule has 1 aromatic carbocycles. The zero-order valence-corrected chi connectivity index (χ0v) is 10.9. The van der Waals surface area contributed by atoms with Crippen molar-refractivity contribution in [3.05, 3.63) is 29.5 Å². The lowest BCUT2D eigenvalue weighted by Gasteiger charge is -2.06. The summed E-state index contributed by atoms with van der Waals surface area (Å²) in [4.78, 5) is 0. The van der Waals surface area contributed by atoms with Gasteiger partial charge in [0.1, 0.15) is 0 Å². The van der Waals surface area contributed by atoms with Crippen molar-refractivity contribution in [1.29, 1.82) is 0 Å². The van der Waals surface area contributed by atoms with Crippen LogP contribution in [0.5, 0.6) is 0 Å². The van der Waals surface area contributed by atoms with E-state index in [0.717, 1.165) is 6.42 Å². The second-order valence-electron chi connectivity index (χ2n) is 4.80. The molecular formula is C15H22N2. The van der Waals surface area contributed by atoms with Gasteiger partial charge in [0, 0.05) is 5.39 Å². The van der Waals surface area contributed by atoms with E-state index in [1.807, 2.05) is 6.20 Å². The van der Waals surface area contributed by atoms with Gasteiger partial charge in [0.15, 0.2) is 0 Å². The highest BCUT2D eigenvalue weighted by Crippen LogP contribution is 2.21. The van der Waals surface area contributed by atoms with E-state index >= 15 is 0 Å². The SMILES string of the molecule is CCCCc1cc(CCCC)c2[nH]ncc2c1. The van der Waals surface area contributed by atoms with Gasteiger partial charge in [-0.2, -0.15) is 5.10 Å². The highest BCUT2D eigenvalue weighted by molar-refractivity contribution is 5.82. The van der Waals surface area contributed by atoms with Crippen molar-refractivity contribution in [3.63, 3.8) is 0 Å². The van der Waals surface area contributed by atoms with Gasteiger partial charge in [0.2, 0.25) is 0 Å². The Labute approximate surface area is 103 Å². The lowest BCUT2D eigenvalue weighted by molar-refractivity contribution is 0.783. The van der Waals surface area contributed by atoms with E-state index < -0.39 is 0 Å². The molecule has 0 radical (unpaired) electrons. The van der Waals surface area contributed by atoms with Crippen molar-refractivity contribution >= 4 is 10.9 Å². The quantitative estimate of drug-likeness (QED) is 0.789. The van der Waals surface area contributed by atoms with Crippen LogP contribution in [-0.4, -0.2) is 10.2 Å². The highest BCUT2D eigenvalue weighted by Gasteiger charge is 2.05. The number of nitrogens with zero attached hydrogens (tertiary/aromatic N) is 1. The van der Waals surface area contributed by atoms with Crippen LogP contribution in [0.2, 0.25) is 0 Å². The van der Waals surface area contributed by atoms with Crippen molar-refractivity contribution in [3.8, 4) is 0 Å². The standard InChI is InChI=1S/C15H22N2/c1-3-5-7-12-9-13(8-6-4-2)15-14(10-12)11-16-17-15/h9-11H,3-8H2,1-2H3,(H,16,17). The van der Waals surface area contributed by atoms with Crippen molar-refractivity contribution < 1.29 is 0 Å².